The molecule has 0 amide bonds. The average molecular weight is 389 g/mol. The van der Waals surface area contributed by atoms with E-state index in [1.807, 2.05) is 42.6 Å². The molecule has 0 fully saturated rings. The second kappa shape index (κ2) is 6.59. The molecule has 0 bridgehead atoms. The third-order valence-corrected chi connectivity index (χ3v) is 5.16. The van der Waals surface area contributed by atoms with Crippen molar-refractivity contribution in [3.63, 3.8) is 0 Å². The molecule has 0 unspecified atom stereocenters. The minimum atomic E-state index is 0.809. The van der Waals surface area contributed by atoms with E-state index < -0.39 is 0 Å². The zero-order valence-electron chi connectivity index (χ0n) is 15.7. The van der Waals surface area contributed by atoms with E-state index in [1.165, 1.54) is 0 Å². The molecule has 6 aromatic heterocycles. The summed E-state index contributed by atoms with van der Waals surface area (Å²) >= 11 is 0. The van der Waals surface area contributed by atoms with Crippen molar-refractivity contribution in [3.05, 3.63) is 79.6 Å². The van der Waals surface area contributed by atoms with Gasteiger partial charge in [0, 0.05) is 52.9 Å². The molecular weight excluding hydrogens is 374 g/mol. The number of hydrogen-bond acceptors (Lipinski definition) is 5. The summed E-state index contributed by atoms with van der Waals surface area (Å²) in [5.41, 5.74) is 7.34. The van der Waals surface area contributed by atoms with Gasteiger partial charge in [-0.15, -0.1) is 0 Å². The third-order valence-electron chi connectivity index (χ3n) is 5.16. The van der Waals surface area contributed by atoms with Gasteiger partial charge >= 0.3 is 0 Å². The lowest BCUT2D eigenvalue weighted by molar-refractivity contribution is 1.11. The van der Waals surface area contributed by atoms with Crippen molar-refractivity contribution in [2.24, 2.45) is 0 Å². The summed E-state index contributed by atoms with van der Waals surface area (Å²) in [6.07, 6.45) is 10.8. The largest absolute Gasteiger partial charge is 0.338 e. The molecule has 0 aliphatic rings. The van der Waals surface area contributed by atoms with Gasteiger partial charge in [0.05, 0.1) is 23.1 Å². The summed E-state index contributed by atoms with van der Waals surface area (Å²) < 4.78 is 0. The predicted molar refractivity (Wildman–Crippen MR) is 115 cm³/mol. The van der Waals surface area contributed by atoms with Crippen molar-refractivity contribution in [3.8, 4) is 33.8 Å². The lowest BCUT2D eigenvalue weighted by atomic mass is 10.1. The first-order valence-electron chi connectivity index (χ1n) is 9.50. The molecule has 0 saturated heterocycles. The Hall–Kier alpha value is -4.39. The van der Waals surface area contributed by atoms with Crippen molar-refractivity contribution in [2.45, 2.75) is 0 Å². The van der Waals surface area contributed by atoms with Gasteiger partial charge in [0.1, 0.15) is 11.3 Å². The molecule has 7 heteroatoms. The van der Waals surface area contributed by atoms with Crippen LogP contribution in [-0.4, -0.2) is 35.1 Å². The van der Waals surface area contributed by atoms with Gasteiger partial charge in [-0.25, -0.2) is 4.98 Å². The maximum absolute atomic E-state index is 4.55. The predicted octanol–water partition coefficient (Wildman–Crippen LogP) is 4.63. The van der Waals surface area contributed by atoms with Crippen molar-refractivity contribution in [1.29, 1.82) is 0 Å². The second-order valence-corrected chi connectivity index (χ2v) is 6.97. The fourth-order valence-electron chi connectivity index (χ4n) is 3.72. The maximum atomic E-state index is 4.55. The highest BCUT2D eigenvalue weighted by molar-refractivity contribution is 6.00. The topological polar surface area (TPSA) is 96.0 Å². The van der Waals surface area contributed by atoms with E-state index in [1.54, 1.807) is 31.0 Å². The fraction of sp³-hybridized carbons (Fsp3) is 0. The first kappa shape index (κ1) is 16.6. The highest BCUT2D eigenvalue weighted by Gasteiger charge is 2.15. The van der Waals surface area contributed by atoms with Crippen LogP contribution in [0.15, 0.2) is 79.6 Å². The van der Waals surface area contributed by atoms with Gasteiger partial charge in [-0.05, 0) is 42.0 Å². The first-order valence-corrected chi connectivity index (χ1v) is 9.50. The van der Waals surface area contributed by atoms with Crippen LogP contribution in [-0.2, 0) is 0 Å². The Kier molecular flexibility index (Phi) is 3.64. The van der Waals surface area contributed by atoms with Gasteiger partial charge in [0.15, 0.2) is 0 Å². The molecule has 0 spiro atoms. The number of aromatic nitrogens is 7. The standard InChI is InChI=1S/C23H15N7/c1-3-14(11-24-6-1)16-5-8-26-23-17(16)9-20(28-23)22-18-10-19(15-4-2-7-25-12-15)27-13-21(18)29-30-22/h1-13H,(H,26,28)(H,29,30). The molecule has 7 nitrogen and oxygen atoms in total. The van der Waals surface area contributed by atoms with Gasteiger partial charge in [-0.3, -0.25) is 20.1 Å². The van der Waals surface area contributed by atoms with Crippen LogP contribution in [0.3, 0.4) is 0 Å². The van der Waals surface area contributed by atoms with Crippen LogP contribution in [0.4, 0.5) is 0 Å². The van der Waals surface area contributed by atoms with Crippen LogP contribution in [0.5, 0.6) is 0 Å². The van der Waals surface area contributed by atoms with E-state index in [2.05, 4.69) is 41.2 Å². The molecule has 142 valence electrons. The van der Waals surface area contributed by atoms with Gasteiger partial charge in [0.2, 0.25) is 0 Å². The molecule has 0 atom stereocenters. The molecule has 0 saturated carbocycles. The summed E-state index contributed by atoms with van der Waals surface area (Å²) in [5.74, 6) is 0. The smallest absolute Gasteiger partial charge is 0.138 e. The zero-order chi connectivity index (χ0) is 19.9. The van der Waals surface area contributed by atoms with Gasteiger partial charge in [0.25, 0.3) is 0 Å². The van der Waals surface area contributed by atoms with E-state index in [0.29, 0.717) is 0 Å². The molecule has 0 aliphatic carbocycles. The molecule has 6 rings (SSSR count). The number of nitrogens with zero attached hydrogens (tertiary/aromatic N) is 5. The van der Waals surface area contributed by atoms with Crippen molar-refractivity contribution in [2.75, 3.05) is 0 Å². The normalized spacial score (nSPS) is 11.3. The number of aromatic amines is 2. The highest BCUT2D eigenvalue weighted by atomic mass is 15.1. The lowest BCUT2D eigenvalue weighted by Gasteiger charge is -2.01. The number of fused-ring (bicyclic) bond motifs is 2. The first-order chi connectivity index (χ1) is 14.9. The molecule has 6 aromatic rings. The quantitative estimate of drug-likeness (QED) is 0.460. The molecule has 30 heavy (non-hydrogen) atoms. The monoisotopic (exact) mass is 389 g/mol. The lowest BCUT2D eigenvalue weighted by Crippen LogP contribution is -1.85. The minimum Gasteiger partial charge on any atom is -0.338 e. The third kappa shape index (κ3) is 2.64. The maximum Gasteiger partial charge on any atom is 0.138 e. The number of H-pyrrole nitrogens is 2. The van der Waals surface area contributed by atoms with Crippen molar-refractivity contribution < 1.29 is 0 Å². The molecule has 6 heterocycles. The Balaban J connectivity index is 1.52. The van der Waals surface area contributed by atoms with Crippen LogP contribution in [0.25, 0.3) is 55.7 Å². The summed E-state index contributed by atoms with van der Waals surface area (Å²) in [6, 6.07) is 14.0. The summed E-state index contributed by atoms with van der Waals surface area (Å²) in [6.45, 7) is 0. The van der Waals surface area contributed by atoms with Crippen LogP contribution in [0.2, 0.25) is 0 Å². The number of rotatable bonds is 3. The van der Waals surface area contributed by atoms with Gasteiger partial charge in [-0.1, -0.05) is 6.07 Å². The Morgan fingerprint density at radius 3 is 2.37 bits per heavy atom. The summed E-state index contributed by atoms with van der Waals surface area (Å²) in [4.78, 5) is 20.9. The van der Waals surface area contributed by atoms with Crippen LogP contribution in [0, 0.1) is 0 Å². The van der Waals surface area contributed by atoms with Crippen molar-refractivity contribution >= 4 is 21.9 Å². The summed E-state index contributed by atoms with van der Waals surface area (Å²) in [5, 5.41) is 9.63. The average Bonchev–Trinajstić information content (AvgIpc) is 3.43. The van der Waals surface area contributed by atoms with Crippen LogP contribution >= 0.6 is 0 Å². The van der Waals surface area contributed by atoms with Gasteiger partial charge in [-0.2, -0.15) is 5.10 Å². The van der Waals surface area contributed by atoms with Crippen LogP contribution in [0.1, 0.15) is 0 Å². The number of hydrogen-bond donors (Lipinski definition) is 2. The van der Waals surface area contributed by atoms with Crippen molar-refractivity contribution in [1.82, 2.24) is 35.1 Å². The van der Waals surface area contributed by atoms with Crippen LogP contribution < -0.4 is 0 Å². The number of pyridine rings is 4. The van der Waals surface area contributed by atoms with Gasteiger partial charge < -0.3 is 4.98 Å². The van der Waals surface area contributed by atoms with E-state index in [9.17, 15) is 0 Å². The zero-order valence-corrected chi connectivity index (χ0v) is 15.7. The molecule has 0 aromatic carbocycles. The van der Waals surface area contributed by atoms with E-state index in [-0.39, 0.29) is 0 Å². The van der Waals surface area contributed by atoms with E-state index in [0.717, 1.165) is 55.7 Å². The Bertz CT molecular complexity index is 1480. The van der Waals surface area contributed by atoms with E-state index >= 15 is 0 Å². The SMILES string of the molecule is c1cncc(-c2cc3c(-c4cc5c(-c6cccnc6)ccnc5[nH]4)n[nH]c3cn2)c1. The number of nitrogens with one attached hydrogen (secondary N) is 2. The second-order valence-electron chi connectivity index (χ2n) is 6.97. The molecular formula is C23H15N7. The summed E-state index contributed by atoms with van der Waals surface area (Å²) in [7, 11) is 0. The Labute approximate surface area is 170 Å². The molecule has 2 N–H and O–H groups in total. The molecule has 0 radical (unpaired) electrons. The Morgan fingerprint density at radius 1 is 0.733 bits per heavy atom. The fourth-order valence-corrected chi connectivity index (χ4v) is 3.72. The highest BCUT2D eigenvalue weighted by Crippen LogP contribution is 2.33. The molecule has 0 aliphatic heterocycles. The van der Waals surface area contributed by atoms with E-state index in [4.69, 9.17) is 0 Å². The Morgan fingerprint density at radius 2 is 1.57 bits per heavy atom. The minimum absolute atomic E-state index is 0.809.